The number of hydrogen-bond acceptors (Lipinski definition) is 2. The predicted octanol–water partition coefficient (Wildman–Crippen LogP) is 0.262. The van der Waals surface area contributed by atoms with Gasteiger partial charge in [-0.15, -0.1) is 0 Å². The quantitative estimate of drug-likeness (QED) is 0.447. The van der Waals surface area contributed by atoms with Crippen LogP contribution >= 0.6 is 0 Å². The van der Waals surface area contributed by atoms with E-state index in [9.17, 15) is 0 Å². The Bertz CT molecular complexity index is 59.0. The Morgan fingerprint density at radius 3 is 2.67 bits per heavy atom. The molecule has 3 heteroatoms. The van der Waals surface area contributed by atoms with Crippen LogP contribution in [0, 0.1) is 0 Å². The largest absolute Gasteiger partial charge is 0.422 e. The third-order valence-corrected chi connectivity index (χ3v) is 2.74. The van der Waals surface area contributed by atoms with Crippen LogP contribution in [0.4, 0.5) is 0 Å². The molecule has 56 valence electrons. The summed E-state index contributed by atoms with van der Waals surface area (Å²) < 4.78 is 5.43. The molecular formula is C6H17NOSi. The maximum atomic E-state index is 5.43. The Morgan fingerprint density at radius 2 is 2.22 bits per heavy atom. The summed E-state index contributed by atoms with van der Waals surface area (Å²) in [5, 5.41) is 0. The molecule has 0 atom stereocenters. The maximum absolute atomic E-state index is 5.43. The minimum absolute atomic E-state index is 0.227. The van der Waals surface area contributed by atoms with Crippen LogP contribution in [-0.4, -0.2) is 22.4 Å². The van der Waals surface area contributed by atoms with Crippen LogP contribution in [0.3, 0.4) is 0 Å². The van der Waals surface area contributed by atoms with Crippen molar-refractivity contribution in [2.75, 3.05) is 6.54 Å². The van der Waals surface area contributed by atoms with E-state index in [1.54, 1.807) is 0 Å². The van der Waals surface area contributed by atoms with Crippen LogP contribution in [0.5, 0.6) is 0 Å². The zero-order valence-corrected chi connectivity index (χ0v) is 7.81. The fraction of sp³-hybridized carbons (Fsp3) is 1.00. The zero-order chi connectivity index (χ0) is 7.11. The second-order valence-electron chi connectivity index (χ2n) is 2.42. The average molecular weight is 147 g/mol. The van der Waals surface area contributed by atoms with Crippen molar-refractivity contribution in [1.29, 1.82) is 0 Å². The van der Waals surface area contributed by atoms with E-state index < -0.39 is 0 Å². The van der Waals surface area contributed by atoms with E-state index in [2.05, 4.69) is 13.8 Å². The van der Waals surface area contributed by atoms with Crippen LogP contribution in [-0.2, 0) is 4.43 Å². The molecule has 0 aromatic carbocycles. The molecule has 0 bridgehead atoms. The molecule has 2 N–H and O–H groups in total. The summed E-state index contributed by atoms with van der Waals surface area (Å²) in [4.78, 5) is 0. The van der Waals surface area contributed by atoms with E-state index in [4.69, 9.17) is 10.2 Å². The molecule has 0 aromatic heterocycles. The van der Waals surface area contributed by atoms with Gasteiger partial charge < -0.3 is 10.2 Å². The van der Waals surface area contributed by atoms with Crippen molar-refractivity contribution in [2.45, 2.75) is 32.4 Å². The highest BCUT2D eigenvalue weighted by molar-refractivity contribution is 6.27. The summed E-state index contributed by atoms with van der Waals surface area (Å²) in [7, 11) is -0.227. The van der Waals surface area contributed by atoms with Crippen LogP contribution in [0.1, 0.15) is 20.3 Å². The number of rotatable bonds is 5. The van der Waals surface area contributed by atoms with Crippen molar-refractivity contribution in [2.24, 2.45) is 5.73 Å². The summed E-state index contributed by atoms with van der Waals surface area (Å²) in [6.07, 6.45) is 1.56. The van der Waals surface area contributed by atoms with Gasteiger partial charge in [-0.25, -0.2) is 0 Å². The first kappa shape index (κ1) is 9.14. The molecule has 0 saturated heterocycles. The van der Waals surface area contributed by atoms with E-state index in [1.807, 2.05) is 0 Å². The highest BCUT2D eigenvalue weighted by atomic mass is 28.2. The van der Waals surface area contributed by atoms with Gasteiger partial charge in [0.05, 0.1) is 0 Å². The van der Waals surface area contributed by atoms with Crippen LogP contribution in [0.25, 0.3) is 0 Å². The minimum atomic E-state index is -0.227. The van der Waals surface area contributed by atoms with Crippen LogP contribution < -0.4 is 5.73 Å². The van der Waals surface area contributed by atoms with E-state index in [1.165, 1.54) is 6.04 Å². The lowest BCUT2D eigenvalue weighted by Crippen LogP contribution is -2.08. The lowest BCUT2D eigenvalue weighted by Gasteiger charge is -2.05. The Morgan fingerprint density at radius 1 is 1.56 bits per heavy atom. The fourth-order valence-electron chi connectivity index (χ4n) is 0.565. The third-order valence-electron chi connectivity index (χ3n) is 1.05. The van der Waals surface area contributed by atoms with Gasteiger partial charge in [0, 0.05) is 6.10 Å². The highest BCUT2D eigenvalue weighted by Gasteiger charge is 1.91. The third kappa shape index (κ3) is 8.14. The van der Waals surface area contributed by atoms with Crippen molar-refractivity contribution in [3.63, 3.8) is 0 Å². The smallest absolute Gasteiger partial charge is 0.161 e. The zero-order valence-electron chi connectivity index (χ0n) is 6.39. The van der Waals surface area contributed by atoms with Crippen molar-refractivity contribution in [3.05, 3.63) is 0 Å². The second kappa shape index (κ2) is 6.26. The first-order valence-electron chi connectivity index (χ1n) is 3.59. The van der Waals surface area contributed by atoms with E-state index in [0.717, 1.165) is 13.0 Å². The topological polar surface area (TPSA) is 35.2 Å². The first-order chi connectivity index (χ1) is 4.27. The van der Waals surface area contributed by atoms with Crippen LogP contribution in [0.15, 0.2) is 0 Å². The van der Waals surface area contributed by atoms with Gasteiger partial charge in [-0.1, -0.05) is 0 Å². The maximum Gasteiger partial charge on any atom is 0.161 e. The Labute approximate surface area is 59.7 Å². The molecule has 0 saturated carbocycles. The molecule has 9 heavy (non-hydrogen) atoms. The molecule has 0 fully saturated rings. The monoisotopic (exact) mass is 147 g/mol. The first-order valence-corrected chi connectivity index (χ1v) is 5.16. The van der Waals surface area contributed by atoms with Crippen molar-refractivity contribution < 1.29 is 4.43 Å². The van der Waals surface area contributed by atoms with Gasteiger partial charge in [0.1, 0.15) is 0 Å². The predicted molar refractivity (Wildman–Crippen MR) is 43.2 cm³/mol. The van der Waals surface area contributed by atoms with Gasteiger partial charge >= 0.3 is 0 Å². The normalized spacial score (nSPS) is 12.0. The van der Waals surface area contributed by atoms with Gasteiger partial charge in [-0.2, -0.15) is 0 Å². The molecule has 0 aliphatic carbocycles. The molecule has 2 nitrogen and oxygen atoms in total. The van der Waals surface area contributed by atoms with Crippen LogP contribution in [0.2, 0.25) is 6.04 Å². The summed E-state index contributed by atoms with van der Waals surface area (Å²) in [6.45, 7) is 4.97. The Hall–Kier alpha value is 0.137. The molecule has 0 spiro atoms. The Kier molecular flexibility index (Phi) is 6.35. The summed E-state index contributed by atoms with van der Waals surface area (Å²) >= 11 is 0. The van der Waals surface area contributed by atoms with Crippen molar-refractivity contribution in [1.82, 2.24) is 0 Å². The molecule has 0 rings (SSSR count). The lowest BCUT2D eigenvalue weighted by atomic mass is 10.5. The van der Waals surface area contributed by atoms with Gasteiger partial charge in [0.2, 0.25) is 0 Å². The minimum Gasteiger partial charge on any atom is -0.422 e. The molecule has 0 unspecified atom stereocenters. The standard InChI is InChI=1S/C6H17NOSi/c1-6(2)8-9-5-3-4-7/h6H,3-5,7,9H2,1-2H3. The van der Waals surface area contributed by atoms with Crippen molar-refractivity contribution >= 4 is 9.76 Å². The van der Waals surface area contributed by atoms with Gasteiger partial charge in [-0.05, 0) is 32.9 Å². The number of hydrogen-bond donors (Lipinski definition) is 1. The van der Waals surface area contributed by atoms with E-state index in [0.29, 0.717) is 6.10 Å². The molecule has 0 aromatic rings. The van der Waals surface area contributed by atoms with Crippen molar-refractivity contribution in [3.8, 4) is 0 Å². The molecule has 0 heterocycles. The molecule has 0 amide bonds. The second-order valence-corrected chi connectivity index (χ2v) is 3.86. The lowest BCUT2D eigenvalue weighted by molar-refractivity contribution is 0.255. The average Bonchev–Trinajstić information content (AvgIpc) is 1.80. The number of nitrogens with two attached hydrogens (primary N) is 1. The van der Waals surface area contributed by atoms with Gasteiger partial charge in [-0.3, -0.25) is 0 Å². The molecular weight excluding hydrogens is 130 g/mol. The molecule has 0 aliphatic heterocycles. The fourth-order valence-corrected chi connectivity index (χ4v) is 1.70. The SMILES string of the molecule is CC(C)O[SiH2]CCCN. The van der Waals surface area contributed by atoms with E-state index in [-0.39, 0.29) is 9.76 Å². The van der Waals surface area contributed by atoms with Gasteiger partial charge in [0.25, 0.3) is 0 Å². The molecule has 0 radical (unpaired) electrons. The summed E-state index contributed by atoms with van der Waals surface area (Å²) in [5.74, 6) is 0. The molecule has 0 aliphatic rings. The van der Waals surface area contributed by atoms with E-state index >= 15 is 0 Å². The highest BCUT2D eigenvalue weighted by Crippen LogP contribution is 1.90. The Balaban J connectivity index is 2.75. The summed E-state index contributed by atoms with van der Waals surface area (Å²) in [6, 6.07) is 1.23. The van der Waals surface area contributed by atoms with Gasteiger partial charge in [0.15, 0.2) is 9.76 Å². The summed E-state index contributed by atoms with van der Waals surface area (Å²) in [5.41, 5.74) is 5.31.